The standard InChI is InChI=1S/C18H20P2/c1-2-6-16-12-19(11-15(16)5-1)9-10-20-13-17-7-3-4-8-18(17)14-20/h1-8H,9-14H2. The van der Waals surface area contributed by atoms with Gasteiger partial charge < -0.3 is 0 Å². The van der Waals surface area contributed by atoms with Crippen LogP contribution in [0.2, 0.25) is 0 Å². The summed E-state index contributed by atoms with van der Waals surface area (Å²) in [6, 6.07) is 18.2. The summed E-state index contributed by atoms with van der Waals surface area (Å²) in [7, 11) is 0.504. The largest absolute Gasteiger partial charge is 0.0974 e. The molecule has 0 N–H and O–H groups in total. The fourth-order valence-electron chi connectivity index (χ4n) is 3.41. The van der Waals surface area contributed by atoms with Crippen LogP contribution in [0.5, 0.6) is 0 Å². The Kier molecular flexibility index (Phi) is 3.63. The van der Waals surface area contributed by atoms with E-state index in [1.54, 1.807) is 22.3 Å². The molecule has 0 spiro atoms. The van der Waals surface area contributed by atoms with Crippen molar-refractivity contribution in [2.75, 3.05) is 12.3 Å². The number of hydrogen-bond acceptors (Lipinski definition) is 0. The highest BCUT2D eigenvalue weighted by molar-refractivity contribution is 7.60. The third kappa shape index (κ3) is 2.57. The molecule has 102 valence electrons. The first kappa shape index (κ1) is 13.0. The summed E-state index contributed by atoms with van der Waals surface area (Å²) in [6.07, 6.45) is 8.57. The molecule has 2 heteroatoms. The van der Waals surface area contributed by atoms with Gasteiger partial charge in [-0.2, -0.15) is 0 Å². The maximum absolute atomic E-state index is 2.34. The van der Waals surface area contributed by atoms with Crippen LogP contribution in [-0.4, -0.2) is 12.3 Å². The van der Waals surface area contributed by atoms with Gasteiger partial charge in [0.1, 0.15) is 0 Å². The Labute approximate surface area is 124 Å². The third-order valence-electron chi connectivity index (χ3n) is 4.55. The van der Waals surface area contributed by atoms with Crippen molar-refractivity contribution in [3.8, 4) is 0 Å². The number of hydrogen-bond donors (Lipinski definition) is 0. The molecule has 0 amide bonds. The average Bonchev–Trinajstić information content (AvgIpc) is 3.07. The van der Waals surface area contributed by atoms with Gasteiger partial charge in [0.2, 0.25) is 0 Å². The van der Waals surface area contributed by atoms with Gasteiger partial charge in [0, 0.05) is 0 Å². The number of fused-ring (bicyclic) bond motifs is 2. The van der Waals surface area contributed by atoms with Crippen molar-refractivity contribution in [2.24, 2.45) is 0 Å². The Morgan fingerprint density at radius 2 is 0.850 bits per heavy atom. The molecule has 0 bridgehead atoms. The Bertz CT molecular complexity index is 515. The highest BCUT2D eigenvalue weighted by atomic mass is 31.1. The van der Waals surface area contributed by atoms with Crippen molar-refractivity contribution in [3.63, 3.8) is 0 Å². The van der Waals surface area contributed by atoms with E-state index in [1.165, 1.54) is 37.0 Å². The highest BCUT2D eigenvalue weighted by Crippen LogP contribution is 2.56. The Hall–Kier alpha value is -0.700. The molecule has 2 aliphatic rings. The van der Waals surface area contributed by atoms with Gasteiger partial charge in [-0.1, -0.05) is 64.4 Å². The zero-order valence-electron chi connectivity index (χ0n) is 11.8. The van der Waals surface area contributed by atoms with Crippen LogP contribution in [0.1, 0.15) is 22.3 Å². The maximum atomic E-state index is 2.34. The molecule has 4 rings (SSSR count). The quantitative estimate of drug-likeness (QED) is 0.668. The lowest BCUT2D eigenvalue weighted by molar-refractivity contribution is 1.35. The van der Waals surface area contributed by atoms with Crippen molar-refractivity contribution in [3.05, 3.63) is 70.8 Å². The molecular weight excluding hydrogens is 278 g/mol. The minimum absolute atomic E-state index is 0.252. The van der Waals surface area contributed by atoms with Gasteiger partial charge in [-0.15, -0.1) is 0 Å². The van der Waals surface area contributed by atoms with E-state index in [-0.39, 0.29) is 15.8 Å². The van der Waals surface area contributed by atoms with Crippen LogP contribution in [0, 0.1) is 0 Å². The minimum Gasteiger partial charge on any atom is -0.0974 e. The summed E-state index contributed by atoms with van der Waals surface area (Å²) in [5, 5.41) is 0. The molecule has 2 heterocycles. The molecule has 0 saturated carbocycles. The average molecular weight is 298 g/mol. The molecule has 0 nitrogen and oxygen atoms in total. The van der Waals surface area contributed by atoms with Crippen molar-refractivity contribution in [2.45, 2.75) is 24.6 Å². The van der Waals surface area contributed by atoms with E-state index in [0.717, 1.165) is 0 Å². The van der Waals surface area contributed by atoms with E-state index in [4.69, 9.17) is 0 Å². The first-order valence-corrected chi connectivity index (χ1v) is 11.3. The van der Waals surface area contributed by atoms with E-state index < -0.39 is 0 Å². The lowest BCUT2D eigenvalue weighted by Crippen LogP contribution is -1.91. The van der Waals surface area contributed by atoms with E-state index in [9.17, 15) is 0 Å². The summed E-state index contributed by atoms with van der Waals surface area (Å²) in [6.45, 7) is 0. The number of benzene rings is 2. The first-order chi connectivity index (χ1) is 9.88. The second-order valence-corrected chi connectivity index (χ2v) is 10.8. The van der Waals surface area contributed by atoms with Crippen molar-refractivity contribution in [1.82, 2.24) is 0 Å². The van der Waals surface area contributed by atoms with Crippen LogP contribution in [0.25, 0.3) is 0 Å². The summed E-state index contributed by atoms with van der Waals surface area (Å²) in [4.78, 5) is 0. The van der Waals surface area contributed by atoms with Gasteiger partial charge in [-0.3, -0.25) is 0 Å². The van der Waals surface area contributed by atoms with Crippen LogP contribution in [0.4, 0.5) is 0 Å². The Balaban J connectivity index is 1.33. The van der Waals surface area contributed by atoms with Crippen molar-refractivity contribution >= 4 is 15.8 Å². The van der Waals surface area contributed by atoms with Crippen LogP contribution in [0.15, 0.2) is 48.5 Å². The molecule has 0 unspecified atom stereocenters. The molecule has 2 aliphatic heterocycles. The molecule has 0 aliphatic carbocycles. The second-order valence-electron chi connectivity index (χ2n) is 5.96. The topological polar surface area (TPSA) is 0 Å². The summed E-state index contributed by atoms with van der Waals surface area (Å²) < 4.78 is 0. The van der Waals surface area contributed by atoms with E-state index in [0.29, 0.717) is 0 Å². The zero-order valence-corrected chi connectivity index (χ0v) is 13.5. The molecule has 0 radical (unpaired) electrons. The molecule has 0 fully saturated rings. The van der Waals surface area contributed by atoms with Crippen LogP contribution in [0.3, 0.4) is 0 Å². The molecule has 0 aromatic heterocycles. The molecular formula is C18H20P2. The first-order valence-electron chi connectivity index (χ1n) is 7.47. The van der Waals surface area contributed by atoms with E-state index in [1.807, 2.05) is 0 Å². The Morgan fingerprint density at radius 3 is 1.15 bits per heavy atom. The number of rotatable bonds is 3. The van der Waals surface area contributed by atoms with Crippen LogP contribution >= 0.6 is 15.8 Å². The van der Waals surface area contributed by atoms with Crippen molar-refractivity contribution < 1.29 is 0 Å². The van der Waals surface area contributed by atoms with Gasteiger partial charge in [0.25, 0.3) is 0 Å². The summed E-state index contributed by atoms with van der Waals surface area (Å²) >= 11 is 0. The molecule has 20 heavy (non-hydrogen) atoms. The normalized spacial score (nSPS) is 18.2. The molecule has 0 saturated heterocycles. The summed E-state index contributed by atoms with van der Waals surface area (Å²) in [5.74, 6) is 0. The Morgan fingerprint density at radius 1 is 0.550 bits per heavy atom. The smallest absolute Gasteiger partial charge is 0.00671 e. The van der Waals surface area contributed by atoms with Crippen LogP contribution < -0.4 is 0 Å². The predicted molar refractivity (Wildman–Crippen MR) is 91.3 cm³/mol. The van der Waals surface area contributed by atoms with Crippen molar-refractivity contribution in [1.29, 1.82) is 0 Å². The van der Waals surface area contributed by atoms with Crippen LogP contribution in [-0.2, 0) is 24.6 Å². The monoisotopic (exact) mass is 298 g/mol. The fraction of sp³-hybridized carbons (Fsp3) is 0.333. The third-order valence-corrected chi connectivity index (χ3v) is 9.76. The van der Waals surface area contributed by atoms with Gasteiger partial charge in [-0.05, 0) is 59.2 Å². The highest BCUT2D eigenvalue weighted by Gasteiger charge is 2.24. The lowest BCUT2D eigenvalue weighted by Gasteiger charge is -2.14. The molecule has 0 atom stereocenters. The SMILES string of the molecule is c1ccc2c(c1)CP(CCP1Cc3ccccc3C1)C2. The predicted octanol–water partition coefficient (Wildman–Crippen LogP) is 5.38. The van der Waals surface area contributed by atoms with Gasteiger partial charge in [-0.25, -0.2) is 0 Å². The second kappa shape index (κ2) is 5.59. The minimum atomic E-state index is 0.252. The van der Waals surface area contributed by atoms with E-state index in [2.05, 4.69) is 48.5 Å². The van der Waals surface area contributed by atoms with E-state index >= 15 is 0 Å². The van der Waals surface area contributed by atoms with Gasteiger partial charge >= 0.3 is 0 Å². The molecule has 2 aromatic carbocycles. The molecule has 2 aromatic rings. The lowest BCUT2D eigenvalue weighted by atomic mass is 10.1. The fourth-order valence-corrected chi connectivity index (χ4v) is 9.69. The maximum Gasteiger partial charge on any atom is -0.00671 e. The summed E-state index contributed by atoms with van der Waals surface area (Å²) in [5.41, 5.74) is 6.56. The van der Waals surface area contributed by atoms with Gasteiger partial charge in [0.15, 0.2) is 0 Å². The zero-order chi connectivity index (χ0) is 13.4. The van der Waals surface area contributed by atoms with Gasteiger partial charge in [0.05, 0.1) is 0 Å².